The topological polar surface area (TPSA) is 66.3 Å². The summed E-state index contributed by atoms with van der Waals surface area (Å²) in [6.45, 7) is 0.198. The average molecular weight is 534 g/mol. The molecule has 0 bridgehead atoms. The number of ether oxygens (including phenoxy) is 1. The van der Waals surface area contributed by atoms with E-state index in [1.807, 2.05) is 6.07 Å². The lowest BCUT2D eigenvalue weighted by Crippen LogP contribution is -2.45. The van der Waals surface area contributed by atoms with Gasteiger partial charge in [-0.3, -0.25) is 4.90 Å². The van der Waals surface area contributed by atoms with Gasteiger partial charge in [0.05, 0.1) is 16.8 Å². The maximum absolute atomic E-state index is 13.3. The van der Waals surface area contributed by atoms with Crippen LogP contribution in [-0.2, 0) is 29.2 Å². The summed E-state index contributed by atoms with van der Waals surface area (Å²) in [5.74, 6) is 0. The third-order valence-electron chi connectivity index (χ3n) is 6.54. The molecule has 6 nitrogen and oxygen atoms in total. The number of fused-ring (bicyclic) bond motifs is 3. The standard InChI is InChI=1S/C26H20F6N4O2/c27-25(28,29)17-12-18(26(30,31)32)14-19(13-17)34-35-24-10-11-36(22(24)33-21-9-5-4-8-20(21)24)23(37)38-15-16-6-2-1-3-7-16/h1-9,12-14,22,33H,10-11,15H2/t22-,24+/m0/s1. The number of anilines is 1. The second-order valence-electron chi connectivity index (χ2n) is 8.96. The summed E-state index contributed by atoms with van der Waals surface area (Å²) in [5.41, 5.74) is -2.80. The lowest BCUT2D eigenvalue weighted by Gasteiger charge is -2.28. The summed E-state index contributed by atoms with van der Waals surface area (Å²) in [7, 11) is 0. The molecule has 1 amide bonds. The van der Waals surface area contributed by atoms with Crippen molar-refractivity contribution in [2.45, 2.75) is 37.1 Å². The van der Waals surface area contributed by atoms with Crippen LogP contribution < -0.4 is 5.32 Å². The first-order chi connectivity index (χ1) is 18.0. The van der Waals surface area contributed by atoms with Crippen LogP contribution in [0.5, 0.6) is 0 Å². The molecule has 0 saturated carbocycles. The molecule has 2 heterocycles. The zero-order chi connectivity index (χ0) is 27.1. The molecule has 2 aliphatic rings. The highest BCUT2D eigenvalue weighted by Gasteiger charge is 2.56. The first-order valence-corrected chi connectivity index (χ1v) is 11.5. The van der Waals surface area contributed by atoms with Crippen LogP contribution in [0.1, 0.15) is 28.7 Å². The van der Waals surface area contributed by atoms with Crippen LogP contribution in [-0.4, -0.2) is 23.7 Å². The Kier molecular flexibility index (Phi) is 6.28. The molecule has 0 radical (unpaired) electrons. The van der Waals surface area contributed by atoms with Gasteiger partial charge in [0.2, 0.25) is 0 Å². The minimum Gasteiger partial charge on any atom is -0.444 e. The maximum Gasteiger partial charge on any atom is 0.416 e. The molecule has 3 aromatic rings. The number of carbonyl (C=O) groups excluding carboxylic acids is 1. The summed E-state index contributed by atoms with van der Waals surface area (Å²) in [6.07, 6.45) is -11.3. The van der Waals surface area contributed by atoms with Gasteiger partial charge in [0.15, 0.2) is 0 Å². The fraction of sp³-hybridized carbons (Fsp3) is 0.269. The van der Waals surface area contributed by atoms with E-state index in [1.54, 1.807) is 48.5 Å². The van der Waals surface area contributed by atoms with E-state index < -0.39 is 47.0 Å². The maximum atomic E-state index is 13.3. The van der Waals surface area contributed by atoms with Gasteiger partial charge in [0.1, 0.15) is 18.3 Å². The number of rotatable bonds is 4. The Morgan fingerprint density at radius 3 is 2.24 bits per heavy atom. The van der Waals surface area contributed by atoms with Crippen molar-refractivity contribution in [2.75, 3.05) is 11.9 Å². The Morgan fingerprint density at radius 2 is 1.58 bits per heavy atom. The SMILES string of the molecule is O=C(OCc1ccccc1)N1CC[C@@]2(N=Nc3cc(C(F)(F)F)cc(C(F)(F)F)c3)c3ccccc3N[C@@H]12. The monoisotopic (exact) mass is 534 g/mol. The lowest BCUT2D eigenvalue weighted by atomic mass is 9.90. The molecule has 198 valence electrons. The first kappa shape index (κ1) is 25.6. The summed E-state index contributed by atoms with van der Waals surface area (Å²) in [5, 5.41) is 11.4. The van der Waals surface area contributed by atoms with Crippen molar-refractivity contribution >= 4 is 17.5 Å². The van der Waals surface area contributed by atoms with Gasteiger partial charge in [-0.25, -0.2) is 4.79 Å². The van der Waals surface area contributed by atoms with Gasteiger partial charge in [0, 0.05) is 24.2 Å². The number of hydrogen-bond acceptors (Lipinski definition) is 5. The number of alkyl halides is 6. The number of para-hydroxylation sites is 1. The van der Waals surface area contributed by atoms with Gasteiger partial charge < -0.3 is 10.1 Å². The third-order valence-corrected chi connectivity index (χ3v) is 6.54. The molecule has 0 aromatic heterocycles. The highest BCUT2D eigenvalue weighted by molar-refractivity contribution is 5.73. The average Bonchev–Trinajstić information content (AvgIpc) is 3.40. The van der Waals surface area contributed by atoms with Crippen molar-refractivity contribution in [1.82, 2.24) is 4.90 Å². The predicted octanol–water partition coefficient (Wildman–Crippen LogP) is 7.50. The zero-order valence-electron chi connectivity index (χ0n) is 19.6. The Bertz CT molecular complexity index is 1340. The van der Waals surface area contributed by atoms with Gasteiger partial charge in [-0.1, -0.05) is 48.5 Å². The molecule has 1 fully saturated rings. The Morgan fingerprint density at radius 1 is 0.947 bits per heavy atom. The number of benzene rings is 3. The number of nitrogens with one attached hydrogen (secondary N) is 1. The van der Waals surface area contributed by atoms with Crippen molar-refractivity contribution < 1.29 is 35.9 Å². The fourth-order valence-corrected chi connectivity index (χ4v) is 4.73. The number of halogens is 6. The number of hydrogen-bond donors (Lipinski definition) is 1. The van der Waals surface area contributed by atoms with Crippen molar-refractivity contribution in [3.8, 4) is 0 Å². The molecule has 1 saturated heterocycles. The van der Waals surface area contributed by atoms with Crippen molar-refractivity contribution in [2.24, 2.45) is 10.2 Å². The molecule has 3 aromatic carbocycles. The lowest BCUT2D eigenvalue weighted by molar-refractivity contribution is -0.143. The molecular weight excluding hydrogens is 514 g/mol. The minimum absolute atomic E-state index is 0.0226. The van der Waals surface area contributed by atoms with E-state index >= 15 is 0 Å². The van der Waals surface area contributed by atoms with E-state index in [0.717, 1.165) is 5.56 Å². The highest BCUT2D eigenvalue weighted by atomic mass is 19.4. The van der Waals surface area contributed by atoms with Gasteiger partial charge in [-0.15, -0.1) is 0 Å². The normalized spacial score (nSPS) is 20.8. The van der Waals surface area contributed by atoms with Gasteiger partial charge in [0.25, 0.3) is 0 Å². The predicted molar refractivity (Wildman–Crippen MR) is 124 cm³/mol. The minimum atomic E-state index is -5.01. The summed E-state index contributed by atoms with van der Waals surface area (Å²) in [6, 6.07) is 17.0. The third kappa shape index (κ3) is 4.77. The highest BCUT2D eigenvalue weighted by Crippen LogP contribution is 2.50. The number of azo groups is 1. The van der Waals surface area contributed by atoms with Crippen molar-refractivity contribution in [1.29, 1.82) is 0 Å². The van der Waals surface area contributed by atoms with Crippen LogP contribution >= 0.6 is 0 Å². The second kappa shape index (κ2) is 9.34. The molecule has 2 atom stereocenters. The van der Waals surface area contributed by atoms with Crippen LogP contribution in [0.25, 0.3) is 0 Å². The number of amides is 1. The summed E-state index contributed by atoms with van der Waals surface area (Å²) < 4.78 is 85.4. The van der Waals surface area contributed by atoms with E-state index in [-0.39, 0.29) is 25.6 Å². The molecule has 0 aliphatic carbocycles. The molecular formula is C26H20F6N4O2. The van der Waals surface area contributed by atoms with E-state index in [0.29, 0.717) is 23.4 Å². The molecule has 38 heavy (non-hydrogen) atoms. The van der Waals surface area contributed by atoms with E-state index in [1.165, 1.54) is 4.90 Å². The summed E-state index contributed by atoms with van der Waals surface area (Å²) >= 11 is 0. The largest absolute Gasteiger partial charge is 0.444 e. The Balaban J connectivity index is 1.48. The Labute approximate surface area is 212 Å². The molecule has 2 aliphatic heterocycles. The van der Waals surface area contributed by atoms with Crippen LogP contribution in [0.2, 0.25) is 0 Å². The molecule has 0 spiro atoms. The van der Waals surface area contributed by atoms with Crippen molar-refractivity contribution in [3.05, 3.63) is 95.1 Å². The van der Waals surface area contributed by atoms with E-state index in [4.69, 9.17) is 4.74 Å². The van der Waals surface area contributed by atoms with Gasteiger partial charge >= 0.3 is 18.4 Å². The van der Waals surface area contributed by atoms with Gasteiger partial charge in [-0.2, -0.15) is 36.6 Å². The zero-order valence-corrected chi connectivity index (χ0v) is 19.6. The van der Waals surface area contributed by atoms with E-state index in [9.17, 15) is 31.1 Å². The molecule has 0 unspecified atom stereocenters. The fourth-order valence-electron chi connectivity index (χ4n) is 4.73. The Hall–Kier alpha value is -4.09. The quantitative estimate of drug-likeness (QED) is 0.279. The van der Waals surface area contributed by atoms with Crippen LogP contribution in [0.4, 0.5) is 42.5 Å². The number of likely N-dealkylation sites (tertiary alicyclic amines) is 1. The van der Waals surface area contributed by atoms with Crippen molar-refractivity contribution in [3.63, 3.8) is 0 Å². The summed E-state index contributed by atoms with van der Waals surface area (Å²) in [4.78, 5) is 14.4. The first-order valence-electron chi connectivity index (χ1n) is 11.5. The smallest absolute Gasteiger partial charge is 0.416 e. The molecule has 12 heteroatoms. The second-order valence-corrected chi connectivity index (χ2v) is 8.96. The van der Waals surface area contributed by atoms with Crippen LogP contribution in [0.15, 0.2) is 83.0 Å². The van der Waals surface area contributed by atoms with Crippen LogP contribution in [0.3, 0.4) is 0 Å². The van der Waals surface area contributed by atoms with Crippen LogP contribution in [0, 0.1) is 0 Å². The molecule has 5 rings (SSSR count). The van der Waals surface area contributed by atoms with E-state index in [2.05, 4.69) is 15.5 Å². The number of nitrogens with zero attached hydrogens (tertiary/aromatic N) is 3. The molecule has 1 N–H and O–H groups in total. The number of carbonyl (C=O) groups is 1. The van der Waals surface area contributed by atoms with Gasteiger partial charge in [-0.05, 0) is 29.8 Å².